The van der Waals surface area contributed by atoms with Crippen molar-refractivity contribution in [3.05, 3.63) is 82.0 Å². The van der Waals surface area contributed by atoms with Crippen LogP contribution in [0.4, 0.5) is 0 Å². The fourth-order valence-electron chi connectivity index (χ4n) is 3.74. The molecule has 0 atom stereocenters. The van der Waals surface area contributed by atoms with Crippen molar-refractivity contribution in [2.24, 2.45) is 0 Å². The summed E-state index contributed by atoms with van der Waals surface area (Å²) in [6, 6.07) is 14.9. The average molecular weight is 407 g/mol. The summed E-state index contributed by atoms with van der Waals surface area (Å²) >= 11 is 0. The van der Waals surface area contributed by atoms with Crippen LogP contribution in [0.2, 0.25) is 0 Å². The Kier molecular flexibility index (Phi) is 6.93. The van der Waals surface area contributed by atoms with Crippen LogP contribution in [0, 0.1) is 0 Å². The van der Waals surface area contributed by atoms with Crippen LogP contribution in [0.25, 0.3) is 11.1 Å². The number of aromatic nitrogens is 2. The van der Waals surface area contributed by atoms with E-state index in [-0.39, 0.29) is 17.3 Å². The number of imidazole rings is 1. The van der Waals surface area contributed by atoms with Gasteiger partial charge in [-0.3, -0.25) is 9.13 Å². The molecular weight excluding hydrogens is 376 g/mol. The number of nitrogens with zero attached hydrogens (tertiary/aromatic N) is 2. The van der Waals surface area contributed by atoms with Gasteiger partial charge in [0.1, 0.15) is 0 Å². The molecule has 3 aromatic rings. The molecule has 0 radical (unpaired) electrons. The van der Waals surface area contributed by atoms with Crippen LogP contribution in [0.3, 0.4) is 0 Å². The Morgan fingerprint density at radius 2 is 1.73 bits per heavy atom. The summed E-state index contributed by atoms with van der Waals surface area (Å²) < 4.78 is 3.68. The number of unbranched alkanes of at least 4 members (excludes halogenated alkanes) is 2. The van der Waals surface area contributed by atoms with E-state index in [1.54, 1.807) is 16.7 Å². The molecule has 0 saturated heterocycles. The number of rotatable bonds is 9. The zero-order valence-corrected chi connectivity index (χ0v) is 18.0. The van der Waals surface area contributed by atoms with Crippen LogP contribution in [0.1, 0.15) is 67.7 Å². The van der Waals surface area contributed by atoms with Crippen molar-refractivity contribution >= 4 is 5.97 Å². The van der Waals surface area contributed by atoms with Crippen molar-refractivity contribution in [1.29, 1.82) is 0 Å². The van der Waals surface area contributed by atoms with Gasteiger partial charge in [-0.25, -0.2) is 9.59 Å². The molecule has 0 bridgehead atoms. The van der Waals surface area contributed by atoms with E-state index >= 15 is 0 Å². The summed E-state index contributed by atoms with van der Waals surface area (Å²) in [5, 5.41) is 9.43. The molecule has 1 N–H and O–H groups in total. The highest BCUT2D eigenvalue weighted by Crippen LogP contribution is 2.24. The summed E-state index contributed by atoms with van der Waals surface area (Å²) in [5.41, 5.74) is 3.95. The van der Waals surface area contributed by atoms with Crippen molar-refractivity contribution in [3.8, 4) is 11.1 Å². The summed E-state index contributed by atoms with van der Waals surface area (Å²) in [6.45, 7) is 6.74. The van der Waals surface area contributed by atoms with Gasteiger partial charge in [0.25, 0.3) is 0 Å². The lowest BCUT2D eigenvalue weighted by molar-refractivity contribution is 0.0697. The molecule has 158 valence electrons. The van der Waals surface area contributed by atoms with Crippen LogP contribution in [0.5, 0.6) is 0 Å². The standard InChI is InChI=1S/C25H30N2O3/c1-4-5-6-9-21-17-26(18(2)3)25(30)27(21)16-19-12-14-20(15-13-19)22-10-7-8-11-23(22)24(28)29/h7-8,10-15,17-18H,4-6,9,16H2,1-3H3,(H,28,29). The van der Waals surface area contributed by atoms with Crippen LogP contribution in [0.15, 0.2) is 59.5 Å². The lowest BCUT2D eigenvalue weighted by Crippen LogP contribution is -2.26. The van der Waals surface area contributed by atoms with E-state index in [9.17, 15) is 14.7 Å². The first kappa shape index (κ1) is 21.6. The molecule has 1 aromatic heterocycles. The molecule has 0 aliphatic heterocycles. The van der Waals surface area contributed by atoms with Crippen LogP contribution in [-0.2, 0) is 13.0 Å². The van der Waals surface area contributed by atoms with E-state index in [4.69, 9.17) is 0 Å². The highest BCUT2D eigenvalue weighted by atomic mass is 16.4. The van der Waals surface area contributed by atoms with Gasteiger partial charge in [-0.15, -0.1) is 0 Å². The summed E-state index contributed by atoms with van der Waals surface area (Å²) in [6.07, 6.45) is 6.27. The van der Waals surface area contributed by atoms with Crippen molar-refractivity contribution in [2.45, 2.75) is 59.0 Å². The Labute approximate surface area is 177 Å². The monoisotopic (exact) mass is 406 g/mol. The third-order valence-electron chi connectivity index (χ3n) is 5.44. The smallest absolute Gasteiger partial charge is 0.336 e. The minimum absolute atomic E-state index is 0.0248. The molecule has 0 aliphatic carbocycles. The molecule has 3 rings (SSSR count). The number of hydrogen-bond acceptors (Lipinski definition) is 2. The highest BCUT2D eigenvalue weighted by molar-refractivity contribution is 5.95. The summed E-state index contributed by atoms with van der Waals surface area (Å²) in [7, 11) is 0. The predicted molar refractivity (Wildman–Crippen MR) is 120 cm³/mol. The zero-order chi connectivity index (χ0) is 21.7. The second-order valence-electron chi connectivity index (χ2n) is 7.99. The lowest BCUT2D eigenvalue weighted by atomic mass is 9.99. The minimum atomic E-state index is -0.937. The van der Waals surface area contributed by atoms with Gasteiger partial charge in [-0.05, 0) is 49.4 Å². The van der Waals surface area contributed by atoms with Gasteiger partial charge >= 0.3 is 11.7 Å². The Bertz CT molecular complexity index is 1060. The third kappa shape index (κ3) is 4.73. The van der Waals surface area contributed by atoms with Crippen LogP contribution in [-0.4, -0.2) is 20.2 Å². The molecule has 0 amide bonds. The number of carbonyl (C=O) groups is 1. The van der Waals surface area contributed by atoms with Gasteiger partial charge in [0.05, 0.1) is 12.1 Å². The summed E-state index contributed by atoms with van der Waals surface area (Å²) in [5.74, 6) is -0.937. The Morgan fingerprint density at radius 1 is 1.03 bits per heavy atom. The van der Waals surface area contributed by atoms with E-state index in [1.165, 1.54) is 0 Å². The highest BCUT2D eigenvalue weighted by Gasteiger charge is 2.14. The van der Waals surface area contributed by atoms with E-state index in [2.05, 4.69) is 6.92 Å². The van der Waals surface area contributed by atoms with Gasteiger partial charge < -0.3 is 5.11 Å². The van der Waals surface area contributed by atoms with Gasteiger partial charge in [0.15, 0.2) is 0 Å². The largest absolute Gasteiger partial charge is 0.478 e. The maximum Gasteiger partial charge on any atom is 0.336 e. The maximum absolute atomic E-state index is 12.9. The SMILES string of the molecule is CCCCCc1cn(C(C)C)c(=O)n1Cc1ccc(-c2ccccc2C(=O)O)cc1. The van der Waals surface area contributed by atoms with E-state index in [0.717, 1.165) is 42.5 Å². The second kappa shape index (κ2) is 9.61. The molecular formula is C25H30N2O3. The number of benzene rings is 2. The maximum atomic E-state index is 12.9. The zero-order valence-electron chi connectivity index (χ0n) is 18.0. The molecule has 5 heteroatoms. The Hall–Kier alpha value is -3.08. The fraction of sp³-hybridized carbons (Fsp3) is 0.360. The molecule has 0 unspecified atom stereocenters. The molecule has 1 heterocycles. The number of carboxylic acids is 1. The Morgan fingerprint density at radius 3 is 2.37 bits per heavy atom. The van der Waals surface area contributed by atoms with Crippen molar-refractivity contribution in [1.82, 2.24) is 9.13 Å². The second-order valence-corrected chi connectivity index (χ2v) is 7.99. The Balaban J connectivity index is 1.88. The average Bonchev–Trinajstić information content (AvgIpc) is 3.04. The topological polar surface area (TPSA) is 64.2 Å². The predicted octanol–water partition coefficient (Wildman–Crippen LogP) is 5.38. The van der Waals surface area contributed by atoms with Crippen LogP contribution >= 0.6 is 0 Å². The van der Waals surface area contributed by atoms with Crippen LogP contribution < -0.4 is 5.69 Å². The third-order valence-corrected chi connectivity index (χ3v) is 5.44. The first-order valence-electron chi connectivity index (χ1n) is 10.6. The van der Waals surface area contributed by atoms with Crippen molar-refractivity contribution < 1.29 is 9.90 Å². The molecule has 5 nitrogen and oxygen atoms in total. The molecule has 0 spiro atoms. The number of aromatic carboxylic acids is 1. The number of aryl methyl sites for hydroxylation is 1. The quantitative estimate of drug-likeness (QED) is 0.486. The molecule has 0 saturated carbocycles. The lowest BCUT2D eigenvalue weighted by Gasteiger charge is -2.10. The number of carboxylic acid groups (broad SMARTS) is 1. The van der Waals surface area contributed by atoms with Crippen molar-refractivity contribution in [2.75, 3.05) is 0 Å². The summed E-state index contributed by atoms with van der Waals surface area (Å²) in [4.78, 5) is 24.4. The molecule has 0 aliphatic rings. The minimum Gasteiger partial charge on any atom is -0.478 e. The number of hydrogen-bond donors (Lipinski definition) is 1. The fourth-order valence-corrected chi connectivity index (χ4v) is 3.74. The normalized spacial score (nSPS) is 11.2. The molecule has 2 aromatic carbocycles. The van der Waals surface area contributed by atoms with E-state index < -0.39 is 5.97 Å². The molecule has 30 heavy (non-hydrogen) atoms. The first-order chi connectivity index (χ1) is 14.4. The van der Waals surface area contributed by atoms with E-state index in [0.29, 0.717) is 12.1 Å². The van der Waals surface area contributed by atoms with E-state index in [1.807, 2.05) is 61.0 Å². The van der Waals surface area contributed by atoms with Gasteiger partial charge in [-0.1, -0.05) is 62.2 Å². The molecule has 0 fully saturated rings. The van der Waals surface area contributed by atoms with Gasteiger partial charge in [0.2, 0.25) is 0 Å². The van der Waals surface area contributed by atoms with Gasteiger partial charge in [-0.2, -0.15) is 0 Å². The van der Waals surface area contributed by atoms with Crippen molar-refractivity contribution in [3.63, 3.8) is 0 Å². The first-order valence-corrected chi connectivity index (χ1v) is 10.6. The van der Waals surface area contributed by atoms with Gasteiger partial charge in [0, 0.05) is 17.9 Å².